The van der Waals surface area contributed by atoms with E-state index in [2.05, 4.69) is 5.32 Å². The predicted molar refractivity (Wildman–Crippen MR) is 67.7 cm³/mol. The predicted octanol–water partition coefficient (Wildman–Crippen LogP) is 1.81. The average molecular weight is 242 g/mol. The maximum atomic E-state index is 11.5. The number of para-hydroxylation sites is 1. The number of rotatable bonds is 4. The Bertz CT molecular complexity index is 381. The van der Waals surface area contributed by atoms with Gasteiger partial charge < -0.3 is 16.0 Å². The van der Waals surface area contributed by atoms with E-state index in [9.17, 15) is 4.79 Å². The number of hydrogen-bond donors (Lipinski definition) is 2. The first-order chi connectivity index (χ1) is 7.56. The van der Waals surface area contributed by atoms with Gasteiger partial charge in [0.1, 0.15) is 0 Å². The number of benzene rings is 1. The van der Waals surface area contributed by atoms with Crippen LogP contribution in [0, 0.1) is 0 Å². The van der Waals surface area contributed by atoms with Crippen molar-refractivity contribution < 1.29 is 4.79 Å². The minimum atomic E-state index is 0.0156. The molecule has 0 atom stereocenters. The van der Waals surface area contributed by atoms with Gasteiger partial charge in [-0.15, -0.1) is 0 Å². The lowest BCUT2D eigenvalue weighted by atomic mass is 10.2. The molecule has 1 aromatic carbocycles. The monoisotopic (exact) mass is 241 g/mol. The highest BCUT2D eigenvalue weighted by Gasteiger charge is 2.08. The van der Waals surface area contributed by atoms with Gasteiger partial charge in [0.15, 0.2) is 0 Å². The third-order valence-electron chi connectivity index (χ3n) is 2.38. The molecule has 0 saturated heterocycles. The largest absolute Gasteiger partial charge is 0.396 e. The molecule has 0 aliphatic heterocycles. The molecule has 0 aliphatic carbocycles. The topological polar surface area (TPSA) is 58.4 Å². The van der Waals surface area contributed by atoms with Crippen LogP contribution in [0.25, 0.3) is 0 Å². The van der Waals surface area contributed by atoms with Gasteiger partial charge in [-0.05, 0) is 19.1 Å². The molecule has 0 aromatic heterocycles. The lowest BCUT2D eigenvalue weighted by Gasteiger charge is -2.16. The Morgan fingerprint density at radius 2 is 2.25 bits per heavy atom. The van der Waals surface area contributed by atoms with Crippen LogP contribution in [0.2, 0.25) is 5.02 Å². The standard InChI is InChI=1S/C11H16ClN3O/c1-3-15(2)10(16)7-14-9-6-4-5-8(12)11(9)13/h4-6,14H,3,7,13H2,1-2H3. The molecular weight excluding hydrogens is 226 g/mol. The Labute approximate surface area is 100 Å². The smallest absolute Gasteiger partial charge is 0.241 e. The zero-order chi connectivity index (χ0) is 12.1. The molecule has 0 spiro atoms. The SMILES string of the molecule is CCN(C)C(=O)CNc1cccc(Cl)c1N. The Morgan fingerprint density at radius 1 is 1.56 bits per heavy atom. The van der Waals surface area contributed by atoms with E-state index in [0.717, 1.165) is 0 Å². The summed E-state index contributed by atoms with van der Waals surface area (Å²) in [6.45, 7) is 2.83. The fourth-order valence-electron chi connectivity index (χ4n) is 1.17. The van der Waals surface area contributed by atoms with Crippen molar-refractivity contribution >= 4 is 28.9 Å². The summed E-state index contributed by atoms with van der Waals surface area (Å²) in [7, 11) is 1.76. The highest BCUT2D eigenvalue weighted by Crippen LogP contribution is 2.26. The van der Waals surface area contributed by atoms with Crippen LogP contribution in [0.3, 0.4) is 0 Å². The summed E-state index contributed by atoms with van der Waals surface area (Å²) >= 11 is 5.86. The van der Waals surface area contributed by atoms with Gasteiger partial charge in [0.2, 0.25) is 5.91 Å². The lowest BCUT2D eigenvalue weighted by molar-refractivity contribution is -0.127. The van der Waals surface area contributed by atoms with Gasteiger partial charge in [-0.3, -0.25) is 4.79 Å². The number of nitrogens with one attached hydrogen (secondary N) is 1. The van der Waals surface area contributed by atoms with Crippen molar-refractivity contribution in [3.05, 3.63) is 23.2 Å². The van der Waals surface area contributed by atoms with Gasteiger partial charge in [-0.2, -0.15) is 0 Å². The number of anilines is 2. The number of nitrogen functional groups attached to an aromatic ring is 1. The van der Waals surface area contributed by atoms with E-state index in [0.29, 0.717) is 22.9 Å². The highest BCUT2D eigenvalue weighted by molar-refractivity contribution is 6.33. The van der Waals surface area contributed by atoms with Crippen molar-refractivity contribution in [3.8, 4) is 0 Å². The molecule has 1 amide bonds. The molecule has 0 bridgehead atoms. The van der Waals surface area contributed by atoms with Crippen molar-refractivity contribution in [2.24, 2.45) is 0 Å². The van der Waals surface area contributed by atoms with Crippen LogP contribution in [-0.2, 0) is 4.79 Å². The van der Waals surface area contributed by atoms with E-state index in [1.54, 1.807) is 30.1 Å². The molecule has 1 aromatic rings. The first kappa shape index (κ1) is 12.6. The molecule has 88 valence electrons. The van der Waals surface area contributed by atoms with Gasteiger partial charge in [-0.1, -0.05) is 17.7 Å². The number of likely N-dealkylation sites (N-methyl/N-ethyl adjacent to an activating group) is 1. The first-order valence-corrected chi connectivity index (χ1v) is 5.46. The summed E-state index contributed by atoms with van der Waals surface area (Å²) in [5.41, 5.74) is 6.91. The Kier molecular flexibility index (Phi) is 4.43. The van der Waals surface area contributed by atoms with Crippen LogP contribution < -0.4 is 11.1 Å². The lowest BCUT2D eigenvalue weighted by Crippen LogP contribution is -2.32. The molecule has 0 fully saturated rings. The van der Waals surface area contributed by atoms with Gasteiger partial charge in [0.05, 0.1) is 22.9 Å². The minimum absolute atomic E-state index is 0.0156. The van der Waals surface area contributed by atoms with E-state index >= 15 is 0 Å². The van der Waals surface area contributed by atoms with Crippen molar-refractivity contribution in [2.45, 2.75) is 6.92 Å². The molecule has 3 N–H and O–H groups in total. The normalized spacial score (nSPS) is 9.94. The summed E-state index contributed by atoms with van der Waals surface area (Å²) in [6, 6.07) is 5.29. The summed E-state index contributed by atoms with van der Waals surface area (Å²) in [5.74, 6) is 0.0156. The van der Waals surface area contributed by atoms with Crippen LogP contribution >= 0.6 is 11.6 Å². The van der Waals surface area contributed by atoms with Crippen molar-refractivity contribution in [3.63, 3.8) is 0 Å². The van der Waals surface area contributed by atoms with Crippen LogP contribution in [0.15, 0.2) is 18.2 Å². The third-order valence-corrected chi connectivity index (χ3v) is 2.71. The maximum absolute atomic E-state index is 11.5. The van der Waals surface area contributed by atoms with Crippen LogP contribution in [0.5, 0.6) is 0 Å². The Morgan fingerprint density at radius 3 is 2.88 bits per heavy atom. The van der Waals surface area contributed by atoms with Gasteiger partial charge in [0.25, 0.3) is 0 Å². The number of nitrogens with two attached hydrogens (primary N) is 1. The third kappa shape index (κ3) is 3.03. The molecule has 0 heterocycles. The molecule has 0 aliphatic rings. The number of halogens is 1. The van der Waals surface area contributed by atoms with Crippen molar-refractivity contribution in [1.29, 1.82) is 0 Å². The second-order valence-electron chi connectivity index (χ2n) is 3.46. The minimum Gasteiger partial charge on any atom is -0.396 e. The molecule has 4 nitrogen and oxygen atoms in total. The van der Waals surface area contributed by atoms with E-state index in [1.165, 1.54) is 0 Å². The van der Waals surface area contributed by atoms with Crippen LogP contribution in [0.1, 0.15) is 6.92 Å². The summed E-state index contributed by atoms with van der Waals surface area (Å²) < 4.78 is 0. The quantitative estimate of drug-likeness (QED) is 0.791. The van der Waals surface area contributed by atoms with Crippen molar-refractivity contribution in [1.82, 2.24) is 4.90 Å². The zero-order valence-corrected chi connectivity index (χ0v) is 10.2. The van der Waals surface area contributed by atoms with Gasteiger partial charge >= 0.3 is 0 Å². The number of amides is 1. The summed E-state index contributed by atoms with van der Waals surface area (Å²) in [5, 5.41) is 3.46. The molecule has 5 heteroatoms. The zero-order valence-electron chi connectivity index (χ0n) is 9.46. The molecule has 0 unspecified atom stereocenters. The fraction of sp³-hybridized carbons (Fsp3) is 0.364. The number of nitrogens with zero attached hydrogens (tertiary/aromatic N) is 1. The van der Waals surface area contributed by atoms with Crippen molar-refractivity contribution in [2.75, 3.05) is 31.2 Å². The molecule has 1 rings (SSSR count). The summed E-state index contributed by atoms with van der Waals surface area (Å²) in [4.78, 5) is 13.2. The fourth-order valence-corrected chi connectivity index (χ4v) is 1.35. The number of hydrogen-bond acceptors (Lipinski definition) is 3. The van der Waals surface area contributed by atoms with E-state index in [-0.39, 0.29) is 12.5 Å². The molecule has 0 radical (unpaired) electrons. The second-order valence-corrected chi connectivity index (χ2v) is 3.87. The Hall–Kier alpha value is -1.42. The second kappa shape index (κ2) is 5.61. The van der Waals surface area contributed by atoms with E-state index in [1.807, 2.05) is 6.92 Å². The summed E-state index contributed by atoms with van der Waals surface area (Å²) in [6.07, 6.45) is 0. The molecule has 0 saturated carbocycles. The van der Waals surface area contributed by atoms with E-state index in [4.69, 9.17) is 17.3 Å². The number of carbonyl (C=O) groups is 1. The number of carbonyl (C=O) groups excluding carboxylic acids is 1. The molecular formula is C11H16ClN3O. The average Bonchev–Trinajstić information content (AvgIpc) is 2.29. The van der Waals surface area contributed by atoms with E-state index < -0.39 is 0 Å². The maximum Gasteiger partial charge on any atom is 0.241 e. The van der Waals surface area contributed by atoms with Crippen LogP contribution in [0.4, 0.5) is 11.4 Å². The Balaban J connectivity index is 2.61. The van der Waals surface area contributed by atoms with Gasteiger partial charge in [-0.25, -0.2) is 0 Å². The molecule has 16 heavy (non-hydrogen) atoms. The first-order valence-electron chi connectivity index (χ1n) is 5.08. The van der Waals surface area contributed by atoms with Gasteiger partial charge in [0, 0.05) is 13.6 Å². The highest BCUT2D eigenvalue weighted by atomic mass is 35.5. The van der Waals surface area contributed by atoms with Crippen LogP contribution in [-0.4, -0.2) is 30.9 Å².